The highest BCUT2D eigenvalue weighted by molar-refractivity contribution is 6.19. The number of ether oxygens (including phenoxy) is 1. The van der Waals surface area contributed by atoms with E-state index >= 15 is 0 Å². The lowest BCUT2D eigenvalue weighted by Crippen LogP contribution is -2.32. The molecule has 10 aromatic rings. The molecule has 1 aliphatic carbocycles. The second-order valence-electron chi connectivity index (χ2n) is 14.9. The highest BCUT2D eigenvalue weighted by Crippen LogP contribution is 2.63. The van der Waals surface area contributed by atoms with Crippen LogP contribution in [0.15, 0.2) is 194 Å². The van der Waals surface area contributed by atoms with E-state index in [9.17, 15) is 0 Å². The number of hydrogen-bond acceptors (Lipinski definition) is 5. The zero-order valence-electron chi connectivity index (χ0n) is 31.2. The lowest BCUT2D eigenvalue weighted by molar-refractivity contribution is 0.436. The third kappa shape index (κ3) is 4.71. The molecule has 8 aromatic carbocycles. The van der Waals surface area contributed by atoms with Crippen molar-refractivity contribution in [3.05, 3.63) is 216 Å². The van der Waals surface area contributed by atoms with Gasteiger partial charge in [0.25, 0.3) is 0 Å². The number of benzene rings is 8. The summed E-state index contributed by atoms with van der Waals surface area (Å²) in [5.74, 6) is 3.66. The summed E-state index contributed by atoms with van der Waals surface area (Å²) < 4.78 is 6.61. The van der Waals surface area contributed by atoms with Crippen LogP contribution in [0, 0.1) is 0 Å². The van der Waals surface area contributed by atoms with Crippen LogP contribution in [0.5, 0.6) is 11.5 Å². The number of para-hydroxylation sites is 3. The maximum Gasteiger partial charge on any atom is 0.164 e. The standard InChI is InChI=1S/C53H32N4O/c1-3-15-34(16-4-1)50-55-51(35-17-5-2-6-18-35)57-52(56-50)36-29-27-33(28-30-36)49-39-31-32-43-48(47(39)38-20-8-12-24-44(38)54-49)37-19-7-9-21-40(37)53(43)41-22-10-13-25-45(41)58-46-26-14-11-23-42(46)53/h1-32H. The Morgan fingerprint density at radius 2 is 0.845 bits per heavy atom. The normalized spacial score (nSPS) is 13.1. The molecule has 0 fully saturated rings. The second kappa shape index (κ2) is 12.6. The molecule has 1 spiro atoms. The predicted octanol–water partition coefficient (Wildman–Crippen LogP) is 12.7. The smallest absolute Gasteiger partial charge is 0.164 e. The minimum absolute atomic E-state index is 0.556. The summed E-state index contributed by atoms with van der Waals surface area (Å²) in [4.78, 5) is 20.2. The molecule has 0 amide bonds. The van der Waals surface area contributed by atoms with Crippen LogP contribution in [0.2, 0.25) is 0 Å². The summed E-state index contributed by atoms with van der Waals surface area (Å²) in [7, 11) is 0. The van der Waals surface area contributed by atoms with Gasteiger partial charge in [0.05, 0.1) is 16.6 Å². The number of aromatic nitrogens is 4. The van der Waals surface area contributed by atoms with Crippen molar-refractivity contribution in [3.8, 4) is 68.0 Å². The van der Waals surface area contributed by atoms with E-state index in [-0.39, 0.29) is 0 Å². The van der Waals surface area contributed by atoms with Crippen LogP contribution < -0.4 is 4.74 Å². The van der Waals surface area contributed by atoms with Gasteiger partial charge in [0.15, 0.2) is 17.5 Å². The molecule has 5 nitrogen and oxygen atoms in total. The third-order valence-electron chi connectivity index (χ3n) is 11.8. The summed E-state index contributed by atoms with van der Waals surface area (Å²) in [6, 6.07) is 67.8. The van der Waals surface area contributed by atoms with E-state index in [1.165, 1.54) is 27.6 Å². The monoisotopic (exact) mass is 740 g/mol. The highest BCUT2D eigenvalue weighted by atomic mass is 16.5. The van der Waals surface area contributed by atoms with Crippen molar-refractivity contribution >= 4 is 21.7 Å². The van der Waals surface area contributed by atoms with Crippen molar-refractivity contribution in [1.82, 2.24) is 19.9 Å². The Balaban J connectivity index is 1.07. The lowest BCUT2D eigenvalue weighted by Gasteiger charge is -2.39. The van der Waals surface area contributed by atoms with Crippen molar-refractivity contribution in [2.45, 2.75) is 5.41 Å². The van der Waals surface area contributed by atoms with Gasteiger partial charge in [-0.15, -0.1) is 0 Å². The fourth-order valence-electron chi connectivity index (χ4n) is 9.32. The van der Waals surface area contributed by atoms with Crippen molar-refractivity contribution in [3.63, 3.8) is 0 Å². The SMILES string of the molecule is c1ccc(-c2nc(-c3ccccc3)nc(-c3ccc(-c4nc5ccccc5c5c6c(ccc45)C4(c5ccccc5Oc5ccccc54)c4ccccc4-6)cc3)n2)cc1. The van der Waals surface area contributed by atoms with Gasteiger partial charge in [-0.25, -0.2) is 19.9 Å². The molecule has 0 bridgehead atoms. The van der Waals surface area contributed by atoms with Crippen molar-refractivity contribution in [2.75, 3.05) is 0 Å². The molecular formula is C53H32N4O. The molecule has 3 heterocycles. The Hall–Kier alpha value is -7.76. The number of pyridine rings is 1. The number of hydrogen-bond donors (Lipinski definition) is 0. The Labute approximate surface area is 335 Å². The minimum atomic E-state index is -0.556. The van der Waals surface area contributed by atoms with Crippen molar-refractivity contribution in [1.29, 1.82) is 0 Å². The maximum absolute atomic E-state index is 6.61. The summed E-state index contributed by atoms with van der Waals surface area (Å²) in [6.07, 6.45) is 0. The minimum Gasteiger partial charge on any atom is -0.457 e. The highest BCUT2D eigenvalue weighted by Gasteiger charge is 2.51. The zero-order valence-corrected chi connectivity index (χ0v) is 31.2. The van der Waals surface area contributed by atoms with Crippen LogP contribution in [-0.2, 0) is 5.41 Å². The van der Waals surface area contributed by atoms with Gasteiger partial charge in [-0.2, -0.15) is 0 Å². The fourth-order valence-corrected chi connectivity index (χ4v) is 9.32. The van der Waals surface area contributed by atoms with E-state index in [1.54, 1.807) is 0 Å². The first-order valence-electron chi connectivity index (χ1n) is 19.6. The van der Waals surface area contributed by atoms with E-state index < -0.39 is 5.41 Å². The molecule has 0 unspecified atom stereocenters. The Kier molecular flexibility index (Phi) is 7.07. The van der Waals surface area contributed by atoms with Gasteiger partial charge in [-0.1, -0.05) is 176 Å². The molecule has 0 saturated heterocycles. The Morgan fingerprint density at radius 3 is 1.48 bits per heavy atom. The van der Waals surface area contributed by atoms with E-state index in [1.807, 2.05) is 60.7 Å². The van der Waals surface area contributed by atoms with Crippen LogP contribution in [0.3, 0.4) is 0 Å². The van der Waals surface area contributed by atoms with Crippen LogP contribution >= 0.6 is 0 Å². The van der Waals surface area contributed by atoms with Crippen LogP contribution in [-0.4, -0.2) is 19.9 Å². The summed E-state index contributed by atoms with van der Waals surface area (Å²) >= 11 is 0. The third-order valence-corrected chi connectivity index (χ3v) is 11.8. The van der Waals surface area contributed by atoms with Gasteiger partial charge in [0.2, 0.25) is 0 Å². The molecular weight excluding hydrogens is 709 g/mol. The topological polar surface area (TPSA) is 60.8 Å². The molecule has 2 aliphatic rings. The summed E-state index contributed by atoms with van der Waals surface area (Å²) in [5.41, 5.74) is 12.4. The molecule has 0 atom stereocenters. The summed E-state index contributed by atoms with van der Waals surface area (Å²) in [6.45, 7) is 0. The molecule has 0 N–H and O–H groups in total. The van der Waals surface area contributed by atoms with Gasteiger partial charge < -0.3 is 4.74 Å². The largest absolute Gasteiger partial charge is 0.457 e. The quantitative estimate of drug-likeness (QED) is 0.168. The van der Waals surface area contributed by atoms with E-state index in [0.29, 0.717) is 17.5 Å². The second-order valence-corrected chi connectivity index (χ2v) is 14.9. The molecule has 270 valence electrons. The number of fused-ring (bicyclic) bond motifs is 13. The van der Waals surface area contributed by atoms with E-state index in [4.69, 9.17) is 24.7 Å². The first-order valence-corrected chi connectivity index (χ1v) is 19.6. The van der Waals surface area contributed by atoms with E-state index in [2.05, 4.69) is 133 Å². The van der Waals surface area contributed by atoms with Crippen LogP contribution in [0.25, 0.3) is 78.2 Å². The molecule has 58 heavy (non-hydrogen) atoms. The Morgan fingerprint density at radius 1 is 0.345 bits per heavy atom. The first-order chi connectivity index (χ1) is 28.8. The van der Waals surface area contributed by atoms with Gasteiger partial charge >= 0.3 is 0 Å². The van der Waals surface area contributed by atoms with Gasteiger partial charge in [-0.3, -0.25) is 0 Å². The predicted molar refractivity (Wildman–Crippen MR) is 232 cm³/mol. The van der Waals surface area contributed by atoms with E-state index in [0.717, 1.165) is 66.9 Å². The average Bonchev–Trinajstić information content (AvgIpc) is 3.60. The molecule has 0 radical (unpaired) electrons. The zero-order chi connectivity index (χ0) is 38.2. The van der Waals surface area contributed by atoms with Crippen molar-refractivity contribution in [2.24, 2.45) is 0 Å². The Bertz CT molecular complexity index is 3150. The first kappa shape index (κ1) is 32.5. The van der Waals surface area contributed by atoms with Gasteiger partial charge in [-0.05, 0) is 40.5 Å². The average molecular weight is 741 g/mol. The molecule has 5 heteroatoms. The van der Waals surface area contributed by atoms with Crippen molar-refractivity contribution < 1.29 is 4.74 Å². The van der Waals surface area contributed by atoms with Gasteiger partial charge in [0.1, 0.15) is 11.5 Å². The van der Waals surface area contributed by atoms with Crippen LogP contribution in [0.4, 0.5) is 0 Å². The van der Waals surface area contributed by atoms with Gasteiger partial charge in [0, 0.05) is 49.5 Å². The summed E-state index contributed by atoms with van der Waals surface area (Å²) in [5, 5.41) is 3.43. The fraction of sp³-hybridized carbons (Fsp3) is 0.0189. The lowest BCUT2D eigenvalue weighted by atomic mass is 9.66. The molecule has 2 aromatic heterocycles. The molecule has 12 rings (SSSR count). The number of rotatable bonds is 4. The number of nitrogens with zero attached hydrogens (tertiary/aromatic N) is 4. The maximum atomic E-state index is 6.61. The molecule has 0 saturated carbocycles. The molecule has 1 aliphatic heterocycles. The van der Waals surface area contributed by atoms with Crippen LogP contribution in [0.1, 0.15) is 22.3 Å².